The average Bonchev–Trinajstić information content (AvgIpc) is 2.26. The zero-order chi connectivity index (χ0) is 10.6. The van der Waals surface area contributed by atoms with Gasteiger partial charge < -0.3 is 5.73 Å². The summed E-state index contributed by atoms with van der Waals surface area (Å²) in [7, 11) is 0. The Morgan fingerprint density at radius 2 is 1.64 bits per heavy atom. The normalized spacial score (nSPS) is 12.9. The van der Waals surface area contributed by atoms with Crippen molar-refractivity contribution in [2.45, 2.75) is 39.5 Å². The monoisotopic (exact) mass is 191 g/mol. The predicted octanol–water partition coefficient (Wildman–Crippen LogP) is 2.87. The van der Waals surface area contributed by atoms with Crippen LogP contribution in [0.2, 0.25) is 0 Å². The summed E-state index contributed by atoms with van der Waals surface area (Å²) < 4.78 is 0. The van der Waals surface area contributed by atoms with Crippen molar-refractivity contribution >= 4 is 0 Å². The second-order valence-electron chi connectivity index (χ2n) is 3.83. The lowest BCUT2D eigenvalue weighted by Gasteiger charge is -2.18. The van der Waals surface area contributed by atoms with E-state index in [1.165, 1.54) is 16.7 Å². The lowest BCUT2D eigenvalue weighted by atomic mass is 9.89. The van der Waals surface area contributed by atoms with Gasteiger partial charge in [-0.1, -0.05) is 39.0 Å². The van der Waals surface area contributed by atoms with Crippen LogP contribution in [-0.4, -0.2) is 6.54 Å². The Morgan fingerprint density at radius 3 is 2.00 bits per heavy atom. The van der Waals surface area contributed by atoms with Crippen LogP contribution in [0.5, 0.6) is 0 Å². The highest BCUT2D eigenvalue weighted by atomic mass is 14.5. The SMILES string of the molecule is CCc1cccc(CC)c1C(C)CN. The average molecular weight is 191 g/mol. The second kappa shape index (κ2) is 5.16. The molecule has 0 bridgehead atoms. The molecule has 1 nitrogen and oxygen atoms in total. The summed E-state index contributed by atoms with van der Waals surface area (Å²) in [5.41, 5.74) is 10.2. The first-order valence-corrected chi connectivity index (χ1v) is 5.55. The highest BCUT2D eigenvalue weighted by Crippen LogP contribution is 2.24. The van der Waals surface area contributed by atoms with Crippen molar-refractivity contribution in [1.82, 2.24) is 0 Å². The van der Waals surface area contributed by atoms with Gasteiger partial charge in [0.05, 0.1) is 0 Å². The Morgan fingerprint density at radius 1 is 1.14 bits per heavy atom. The minimum atomic E-state index is 0.487. The summed E-state index contributed by atoms with van der Waals surface area (Å²) in [6.45, 7) is 7.38. The fourth-order valence-electron chi connectivity index (χ4n) is 2.03. The lowest BCUT2D eigenvalue weighted by Crippen LogP contribution is -2.13. The summed E-state index contributed by atoms with van der Waals surface area (Å²) >= 11 is 0. The van der Waals surface area contributed by atoms with Crippen LogP contribution >= 0.6 is 0 Å². The van der Waals surface area contributed by atoms with Crippen LogP contribution in [0.3, 0.4) is 0 Å². The first kappa shape index (κ1) is 11.3. The Labute approximate surface area is 87.3 Å². The minimum absolute atomic E-state index is 0.487. The molecule has 78 valence electrons. The molecule has 0 spiro atoms. The van der Waals surface area contributed by atoms with Crippen LogP contribution in [0.15, 0.2) is 18.2 Å². The highest BCUT2D eigenvalue weighted by Gasteiger charge is 2.11. The van der Waals surface area contributed by atoms with E-state index in [0.717, 1.165) is 19.4 Å². The maximum atomic E-state index is 5.75. The van der Waals surface area contributed by atoms with Gasteiger partial charge in [-0.15, -0.1) is 0 Å². The molecule has 1 rings (SSSR count). The Kier molecular flexibility index (Phi) is 4.15. The molecule has 1 aromatic carbocycles. The van der Waals surface area contributed by atoms with Crippen LogP contribution in [0.25, 0.3) is 0 Å². The molecular formula is C13H21N. The standard InChI is InChI=1S/C13H21N/c1-4-11-7-6-8-12(5-2)13(11)10(3)9-14/h6-8,10H,4-5,9,14H2,1-3H3. The summed E-state index contributed by atoms with van der Waals surface area (Å²) in [5.74, 6) is 0.487. The Hall–Kier alpha value is -0.820. The van der Waals surface area contributed by atoms with Gasteiger partial charge in [0, 0.05) is 0 Å². The molecule has 0 aliphatic rings. The zero-order valence-corrected chi connectivity index (χ0v) is 9.51. The van der Waals surface area contributed by atoms with Crippen molar-refractivity contribution in [2.75, 3.05) is 6.54 Å². The largest absolute Gasteiger partial charge is 0.330 e. The van der Waals surface area contributed by atoms with Crippen molar-refractivity contribution in [3.05, 3.63) is 34.9 Å². The van der Waals surface area contributed by atoms with E-state index >= 15 is 0 Å². The van der Waals surface area contributed by atoms with E-state index < -0.39 is 0 Å². The number of benzene rings is 1. The molecule has 14 heavy (non-hydrogen) atoms. The summed E-state index contributed by atoms with van der Waals surface area (Å²) in [6, 6.07) is 6.60. The molecule has 1 unspecified atom stereocenters. The molecule has 0 amide bonds. The van der Waals surface area contributed by atoms with Gasteiger partial charge >= 0.3 is 0 Å². The number of rotatable bonds is 4. The van der Waals surface area contributed by atoms with Gasteiger partial charge in [-0.25, -0.2) is 0 Å². The molecule has 0 fully saturated rings. The van der Waals surface area contributed by atoms with Crippen molar-refractivity contribution in [3.8, 4) is 0 Å². The van der Waals surface area contributed by atoms with E-state index in [0.29, 0.717) is 5.92 Å². The smallest absolute Gasteiger partial charge is 0.00107 e. The van der Waals surface area contributed by atoms with Gasteiger partial charge in [-0.2, -0.15) is 0 Å². The van der Waals surface area contributed by atoms with Crippen LogP contribution in [0.4, 0.5) is 0 Å². The van der Waals surface area contributed by atoms with Gasteiger partial charge in [0.2, 0.25) is 0 Å². The van der Waals surface area contributed by atoms with Crippen LogP contribution in [0.1, 0.15) is 43.4 Å². The van der Waals surface area contributed by atoms with Gasteiger partial charge in [0.1, 0.15) is 0 Å². The van der Waals surface area contributed by atoms with Gasteiger partial charge in [0.15, 0.2) is 0 Å². The van der Waals surface area contributed by atoms with E-state index in [1.54, 1.807) is 0 Å². The molecule has 0 saturated carbocycles. The summed E-state index contributed by atoms with van der Waals surface area (Å²) in [4.78, 5) is 0. The molecule has 0 radical (unpaired) electrons. The van der Waals surface area contributed by atoms with Crippen LogP contribution < -0.4 is 5.73 Å². The van der Waals surface area contributed by atoms with Gasteiger partial charge in [-0.3, -0.25) is 0 Å². The number of hydrogen-bond acceptors (Lipinski definition) is 1. The van der Waals surface area contributed by atoms with E-state index in [2.05, 4.69) is 39.0 Å². The quantitative estimate of drug-likeness (QED) is 0.778. The lowest BCUT2D eigenvalue weighted by molar-refractivity contribution is 0.749. The molecule has 0 heterocycles. The second-order valence-corrected chi connectivity index (χ2v) is 3.83. The van der Waals surface area contributed by atoms with Crippen molar-refractivity contribution in [2.24, 2.45) is 5.73 Å². The fraction of sp³-hybridized carbons (Fsp3) is 0.538. The van der Waals surface area contributed by atoms with Gasteiger partial charge in [0.25, 0.3) is 0 Å². The van der Waals surface area contributed by atoms with Crippen molar-refractivity contribution in [3.63, 3.8) is 0 Å². The maximum Gasteiger partial charge on any atom is -0.00107 e. The predicted molar refractivity (Wildman–Crippen MR) is 62.7 cm³/mol. The first-order valence-electron chi connectivity index (χ1n) is 5.55. The fourth-order valence-corrected chi connectivity index (χ4v) is 2.03. The molecule has 0 aliphatic carbocycles. The van der Waals surface area contributed by atoms with E-state index in [9.17, 15) is 0 Å². The molecule has 0 aliphatic heterocycles. The summed E-state index contributed by atoms with van der Waals surface area (Å²) in [6.07, 6.45) is 2.21. The molecular weight excluding hydrogens is 170 g/mol. The molecule has 2 N–H and O–H groups in total. The van der Waals surface area contributed by atoms with Crippen LogP contribution in [0, 0.1) is 0 Å². The maximum absolute atomic E-state index is 5.75. The first-order chi connectivity index (χ1) is 6.74. The topological polar surface area (TPSA) is 26.0 Å². The number of hydrogen-bond donors (Lipinski definition) is 1. The van der Waals surface area contributed by atoms with Crippen LogP contribution in [-0.2, 0) is 12.8 Å². The summed E-state index contributed by atoms with van der Waals surface area (Å²) in [5, 5.41) is 0. The van der Waals surface area contributed by atoms with E-state index in [1.807, 2.05) is 0 Å². The third-order valence-corrected chi connectivity index (χ3v) is 2.89. The Balaban J connectivity index is 3.18. The Bertz CT molecular complexity index is 269. The number of aryl methyl sites for hydroxylation is 2. The molecule has 0 aromatic heterocycles. The highest BCUT2D eigenvalue weighted by molar-refractivity contribution is 5.38. The third-order valence-electron chi connectivity index (χ3n) is 2.89. The number of nitrogens with two attached hydrogens (primary N) is 1. The van der Waals surface area contributed by atoms with Gasteiger partial charge in [-0.05, 0) is 42.0 Å². The van der Waals surface area contributed by atoms with E-state index in [-0.39, 0.29) is 0 Å². The molecule has 1 aromatic rings. The minimum Gasteiger partial charge on any atom is -0.330 e. The zero-order valence-electron chi connectivity index (χ0n) is 9.51. The van der Waals surface area contributed by atoms with E-state index in [4.69, 9.17) is 5.73 Å². The third kappa shape index (κ3) is 2.16. The van der Waals surface area contributed by atoms with Crippen molar-refractivity contribution < 1.29 is 0 Å². The molecule has 1 heteroatoms. The van der Waals surface area contributed by atoms with Crippen molar-refractivity contribution in [1.29, 1.82) is 0 Å². The molecule has 1 atom stereocenters. The molecule has 0 saturated heterocycles.